The zero-order valence-electron chi connectivity index (χ0n) is 5.82. The topological polar surface area (TPSA) is 64.9 Å². The summed E-state index contributed by atoms with van der Waals surface area (Å²) in [5.41, 5.74) is 6.26. The predicted octanol–water partition coefficient (Wildman–Crippen LogP) is 2.14. The van der Waals surface area contributed by atoms with Crippen LogP contribution in [0.2, 0.25) is 0 Å². The van der Waals surface area contributed by atoms with Crippen molar-refractivity contribution in [1.82, 2.24) is 9.36 Å². The summed E-state index contributed by atoms with van der Waals surface area (Å²) in [4.78, 5) is 4.01. The van der Waals surface area contributed by atoms with E-state index >= 15 is 0 Å². The van der Waals surface area contributed by atoms with Gasteiger partial charge in [-0.05, 0) is 33.5 Å². The van der Waals surface area contributed by atoms with Gasteiger partial charge in [0, 0.05) is 0 Å². The van der Waals surface area contributed by atoms with Gasteiger partial charge in [0.2, 0.25) is 5.95 Å². The Kier molecular flexibility index (Phi) is 1.86. The molecule has 12 heavy (non-hydrogen) atoms. The minimum absolute atomic E-state index is 0.295. The first-order chi connectivity index (χ1) is 5.77. The SMILES string of the molecule is Nc1nsc(-c2ccoc2Br)n1. The highest BCUT2D eigenvalue weighted by Crippen LogP contribution is 2.30. The number of rotatable bonds is 1. The first kappa shape index (κ1) is 7.75. The molecule has 0 aliphatic carbocycles. The lowest BCUT2D eigenvalue weighted by molar-refractivity contribution is 0.542. The van der Waals surface area contributed by atoms with Crippen molar-refractivity contribution >= 4 is 33.4 Å². The standard InChI is InChI=1S/C6H4BrN3OS/c7-4-3(1-2-11-4)5-9-6(8)10-12-5/h1-2H,(H2,8,10). The molecule has 0 radical (unpaired) electrons. The molecule has 2 N–H and O–H groups in total. The first-order valence-corrected chi connectivity index (χ1v) is 4.66. The van der Waals surface area contributed by atoms with Gasteiger partial charge in [0.1, 0.15) is 5.01 Å². The molecule has 0 bridgehead atoms. The van der Waals surface area contributed by atoms with Gasteiger partial charge in [0.15, 0.2) is 4.67 Å². The molecule has 0 aromatic carbocycles. The van der Waals surface area contributed by atoms with Crippen molar-refractivity contribution in [3.8, 4) is 10.6 Å². The van der Waals surface area contributed by atoms with Crippen molar-refractivity contribution in [3.63, 3.8) is 0 Å². The summed E-state index contributed by atoms with van der Waals surface area (Å²) in [7, 11) is 0. The van der Waals surface area contributed by atoms with Gasteiger partial charge in [0.05, 0.1) is 11.8 Å². The van der Waals surface area contributed by atoms with Crippen molar-refractivity contribution in [2.75, 3.05) is 5.73 Å². The fourth-order valence-electron chi connectivity index (χ4n) is 0.790. The van der Waals surface area contributed by atoms with E-state index in [0.29, 0.717) is 10.6 Å². The van der Waals surface area contributed by atoms with Crippen LogP contribution < -0.4 is 5.73 Å². The van der Waals surface area contributed by atoms with Crippen molar-refractivity contribution < 1.29 is 4.42 Å². The summed E-state index contributed by atoms with van der Waals surface area (Å²) in [5, 5.41) is 0.758. The Bertz CT molecular complexity index is 397. The van der Waals surface area contributed by atoms with Gasteiger partial charge in [-0.1, -0.05) is 0 Å². The highest BCUT2D eigenvalue weighted by atomic mass is 79.9. The Balaban J connectivity index is 2.50. The number of nitrogens with zero attached hydrogens (tertiary/aromatic N) is 2. The lowest BCUT2D eigenvalue weighted by Gasteiger charge is -1.86. The molecule has 2 heterocycles. The summed E-state index contributed by atoms with van der Waals surface area (Å²) in [5.74, 6) is 0.295. The van der Waals surface area contributed by atoms with Crippen molar-refractivity contribution in [2.24, 2.45) is 0 Å². The molecule has 0 amide bonds. The van der Waals surface area contributed by atoms with Crippen LogP contribution in [0.25, 0.3) is 10.6 Å². The van der Waals surface area contributed by atoms with E-state index in [-0.39, 0.29) is 0 Å². The molecule has 4 nitrogen and oxygen atoms in total. The van der Waals surface area contributed by atoms with Crippen LogP contribution in [0, 0.1) is 0 Å². The van der Waals surface area contributed by atoms with Crippen LogP contribution >= 0.6 is 27.5 Å². The lowest BCUT2D eigenvalue weighted by Crippen LogP contribution is -1.85. The molecule has 0 aliphatic rings. The third-order valence-electron chi connectivity index (χ3n) is 1.29. The summed E-state index contributed by atoms with van der Waals surface area (Å²) in [6, 6.07) is 1.81. The second kappa shape index (κ2) is 2.87. The second-order valence-electron chi connectivity index (χ2n) is 2.07. The molecule has 6 heteroatoms. The van der Waals surface area contributed by atoms with E-state index in [4.69, 9.17) is 10.2 Å². The number of hydrogen-bond acceptors (Lipinski definition) is 5. The zero-order valence-corrected chi connectivity index (χ0v) is 8.22. The Morgan fingerprint density at radius 1 is 1.58 bits per heavy atom. The van der Waals surface area contributed by atoms with Crippen LogP contribution in [-0.4, -0.2) is 9.36 Å². The Hall–Kier alpha value is -0.880. The highest BCUT2D eigenvalue weighted by Gasteiger charge is 2.09. The maximum Gasteiger partial charge on any atom is 0.232 e. The monoisotopic (exact) mass is 245 g/mol. The van der Waals surface area contributed by atoms with Gasteiger partial charge in [-0.2, -0.15) is 9.36 Å². The van der Waals surface area contributed by atoms with E-state index in [1.807, 2.05) is 6.07 Å². The molecule has 0 saturated heterocycles. The van der Waals surface area contributed by atoms with E-state index in [9.17, 15) is 0 Å². The third-order valence-corrected chi connectivity index (χ3v) is 2.67. The zero-order chi connectivity index (χ0) is 8.55. The van der Waals surface area contributed by atoms with Gasteiger partial charge in [-0.15, -0.1) is 0 Å². The minimum atomic E-state index is 0.295. The molecule has 0 unspecified atom stereocenters. The fraction of sp³-hybridized carbons (Fsp3) is 0. The average Bonchev–Trinajstić information content (AvgIpc) is 2.58. The number of nitrogen functional groups attached to an aromatic ring is 1. The van der Waals surface area contributed by atoms with Crippen LogP contribution in [-0.2, 0) is 0 Å². The van der Waals surface area contributed by atoms with Crippen LogP contribution in [0.4, 0.5) is 5.95 Å². The van der Waals surface area contributed by atoms with Crippen LogP contribution in [0.1, 0.15) is 0 Å². The summed E-state index contributed by atoms with van der Waals surface area (Å²) in [6.07, 6.45) is 1.58. The van der Waals surface area contributed by atoms with E-state index < -0.39 is 0 Å². The molecule has 0 aliphatic heterocycles. The Morgan fingerprint density at radius 3 is 2.92 bits per heavy atom. The molecule has 0 spiro atoms. The molecule has 0 atom stereocenters. The minimum Gasteiger partial charge on any atom is -0.457 e. The largest absolute Gasteiger partial charge is 0.457 e. The fourth-order valence-corrected chi connectivity index (χ4v) is 1.96. The number of hydrogen-bond donors (Lipinski definition) is 1. The van der Waals surface area contributed by atoms with Gasteiger partial charge < -0.3 is 10.2 Å². The van der Waals surface area contributed by atoms with Gasteiger partial charge in [-0.25, -0.2) is 0 Å². The number of aromatic nitrogens is 2. The first-order valence-electron chi connectivity index (χ1n) is 3.10. The summed E-state index contributed by atoms with van der Waals surface area (Å²) >= 11 is 4.49. The van der Waals surface area contributed by atoms with Gasteiger partial charge >= 0.3 is 0 Å². The lowest BCUT2D eigenvalue weighted by atomic mass is 10.4. The number of halogens is 1. The van der Waals surface area contributed by atoms with E-state index in [0.717, 1.165) is 10.6 Å². The van der Waals surface area contributed by atoms with Crippen molar-refractivity contribution in [1.29, 1.82) is 0 Å². The maximum atomic E-state index is 5.38. The molecule has 62 valence electrons. The smallest absolute Gasteiger partial charge is 0.232 e. The number of nitrogens with two attached hydrogens (primary N) is 1. The quantitative estimate of drug-likeness (QED) is 0.837. The normalized spacial score (nSPS) is 10.4. The average molecular weight is 246 g/mol. The summed E-state index contributed by atoms with van der Waals surface area (Å²) < 4.78 is 9.55. The Labute approximate surface area is 80.7 Å². The van der Waals surface area contributed by atoms with E-state index in [1.54, 1.807) is 6.26 Å². The molecule has 0 fully saturated rings. The van der Waals surface area contributed by atoms with Crippen molar-refractivity contribution in [3.05, 3.63) is 17.0 Å². The highest BCUT2D eigenvalue weighted by molar-refractivity contribution is 9.10. The molecule has 2 aromatic rings. The molecule has 0 saturated carbocycles. The third kappa shape index (κ3) is 1.23. The molecule has 2 rings (SSSR count). The van der Waals surface area contributed by atoms with Crippen molar-refractivity contribution in [2.45, 2.75) is 0 Å². The predicted molar refractivity (Wildman–Crippen MR) is 49.7 cm³/mol. The van der Waals surface area contributed by atoms with Crippen LogP contribution in [0.3, 0.4) is 0 Å². The summed E-state index contributed by atoms with van der Waals surface area (Å²) in [6.45, 7) is 0. The number of anilines is 1. The van der Waals surface area contributed by atoms with Gasteiger partial charge in [-0.3, -0.25) is 0 Å². The second-order valence-corrected chi connectivity index (χ2v) is 3.54. The van der Waals surface area contributed by atoms with E-state index in [1.165, 1.54) is 11.5 Å². The Morgan fingerprint density at radius 2 is 2.42 bits per heavy atom. The van der Waals surface area contributed by atoms with Crippen LogP contribution in [0.5, 0.6) is 0 Å². The molecule has 2 aromatic heterocycles. The maximum absolute atomic E-state index is 5.38. The molecular weight excluding hydrogens is 242 g/mol. The van der Waals surface area contributed by atoms with Gasteiger partial charge in [0.25, 0.3) is 0 Å². The van der Waals surface area contributed by atoms with Crippen LogP contribution in [0.15, 0.2) is 21.4 Å². The van der Waals surface area contributed by atoms with E-state index in [2.05, 4.69) is 25.3 Å². The number of furan rings is 1. The molecular formula is C6H4BrN3OS.